The van der Waals surface area contributed by atoms with Crippen LogP contribution < -0.4 is 4.90 Å². The monoisotopic (exact) mass is 603 g/mol. The Labute approximate surface area is 249 Å². The number of anilines is 1. The first kappa shape index (κ1) is 33.3. The lowest BCUT2D eigenvalue weighted by Gasteiger charge is -2.35. The Morgan fingerprint density at radius 2 is 1.71 bits per heavy atom. The largest absolute Gasteiger partial charge is 0.444 e. The minimum atomic E-state index is -1.23. The van der Waals surface area contributed by atoms with E-state index in [2.05, 4.69) is 55.9 Å². The molecule has 0 radical (unpaired) electrons. The second-order valence-electron chi connectivity index (χ2n) is 14.5. The number of piperidine rings is 1. The molecule has 0 aliphatic carbocycles. The molecule has 0 spiro atoms. The van der Waals surface area contributed by atoms with E-state index in [1.165, 1.54) is 0 Å². The summed E-state index contributed by atoms with van der Waals surface area (Å²) in [6, 6.07) is 4.10. The minimum Gasteiger partial charge on any atom is -0.444 e. The lowest BCUT2D eigenvalue weighted by molar-refractivity contribution is 0.0197. The molecule has 1 fully saturated rings. The van der Waals surface area contributed by atoms with Crippen LogP contribution in [0.3, 0.4) is 0 Å². The van der Waals surface area contributed by atoms with Gasteiger partial charge in [0.25, 0.3) is 0 Å². The van der Waals surface area contributed by atoms with Gasteiger partial charge in [-0.1, -0.05) is 51.9 Å². The summed E-state index contributed by atoms with van der Waals surface area (Å²) in [6.45, 7) is 27.4. The third-order valence-electron chi connectivity index (χ3n) is 7.03. The van der Waals surface area contributed by atoms with E-state index in [9.17, 15) is 4.79 Å². The first-order valence-electron chi connectivity index (χ1n) is 15.0. The zero-order valence-electron chi connectivity index (χ0n) is 27.0. The van der Waals surface area contributed by atoms with Gasteiger partial charge < -0.3 is 24.0 Å². The maximum Gasteiger partial charge on any atom is 0.410 e. The highest BCUT2D eigenvalue weighted by Crippen LogP contribution is 2.35. The number of hydrogen-bond acceptors (Lipinski definition) is 7. The lowest BCUT2D eigenvalue weighted by Crippen LogP contribution is -2.42. The van der Waals surface area contributed by atoms with Crippen LogP contribution in [0.4, 0.5) is 10.6 Å². The van der Waals surface area contributed by atoms with Crippen molar-refractivity contribution in [2.75, 3.05) is 44.7 Å². The molecule has 3 heterocycles. The molecule has 41 heavy (non-hydrogen) atoms. The van der Waals surface area contributed by atoms with Crippen LogP contribution in [0, 0.1) is 0 Å². The normalized spacial score (nSPS) is 16.7. The highest BCUT2D eigenvalue weighted by molar-refractivity contribution is 6.76. The van der Waals surface area contributed by atoms with E-state index in [-0.39, 0.29) is 12.0 Å². The van der Waals surface area contributed by atoms with Crippen LogP contribution in [0.2, 0.25) is 51.4 Å². The number of carbonyl (C=O) groups excluding carboxylic acids is 1. The quantitative estimate of drug-likeness (QED) is 0.140. The fourth-order valence-electron chi connectivity index (χ4n) is 4.73. The standard InChI is InChI=1S/C30H53N5O4Si2/c1-11-25-27(24-13-12-16-33(21-24)29(36)39-30(2,3)4)32-26-14-15-31-35(26)28(25)34(22-37-17-19-40(5,6)7)23-38-18-20-41(8,9)10/h11,14-15,24H,1,12-13,16-23H2,2-10H3. The summed E-state index contributed by atoms with van der Waals surface area (Å²) in [4.78, 5) is 21.9. The van der Waals surface area contributed by atoms with E-state index in [0.29, 0.717) is 39.8 Å². The highest BCUT2D eigenvalue weighted by Gasteiger charge is 2.32. The molecule has 3 rings (SSSR count). The van der Waals surface area contributed by atoms with Gasteiger partial charge in [0.05, 0.1) is 11.9 Å². The van der Waals surface area contributed by atoms with Gasteiger partial charge in [-0.15, -0.1) is 0 Å². The van der Waals surface area contributed by atoms with Crippen molar-refractivity contribution >= 4 is 39.8 Å². The first-order valence-corrected chi connectivity index (χ1v) is 22.4. The molecule has 0 N–H and O–H groups in total. The Balaban J connectivity index is 1.95. The number of amides is 1. The molecule has 1 aliphatic rings. The van der Waals surface area contributed by atoms with Crippen molar-refractivity contribution in [1.82, 2.24) is 19.5 Å². The van der Waals surface area contributed by atoms with Gasteiger partial charge in [0.1, 0.15) is 24.9 Å². The second-order valence-corrected chi connectivity index (χ2v) is 25.8. The number of ether oxygens (including phenoxy) is 3. The summed E-state index contributed by atoms with van der Waals surface area (Å²) >= 11 is 0. The Hall–Kier alpha value is -2.22. The molecule has 0 saturated carbocycles. The van der Waals surface area contributed by atoms with Crippen molar-refractivity contribution in [3.63, 3.8) is 0 Å². The fourth-order valence-corrected chi connectivity index (χ4v) is 6.24. The van der Waals surface area contributed by atoms with Gasteiger partial charge in [0, 0.05) is 60.0 Å². The van der Waals surface area contributed by atoms with Gasteiger partial charge in [-0.25, -0.2) is 9.78 Å². The summed E-state index contributed by atoms with van der Waals surface area (Å²) in [5.41, 5.74) is 2.04. The number of aromatic nitrogens is 3. The Kier molecular flexibility index (Phi) is 11.2. The highest BCUT2D eigenvalue weighted by atomic mass is 28.3. The number of nitrogens with zero attached hydrogens (tertiary/aromatic N) is 5. The van der Waals surface area contributed by atoms with Gasteiger partial charge in [0.2, 0.25) is 0 Å². The molecular formula is C30H53N5O4Si2. The number of likely N-dealkylation sites (tertiary alicyclic amines) is 1. The molecule has 0 bridgehead atoms. The van der Waals surface area contributed by atoms with E-state index < -0.39 is 21.7 Å². The van der Waals surface area contributed by atoms with Gasteiger partial charge >= 0.3 is 6.09 Å². The fraction of sp³-hybridized carbons (Fsp3) is 0.700. The number of carbonyl (C=O) groups is 1. The third kappa shape index (κ3) is 10.2. The van der Waals surface area contributed by atoms with Crippen molar-refractivity contribution < 1.29 is 19.0 Å². The second kappa shape index (κ2) is 13.8. The van der Waals surface area contributed by atoms with Gasteiger partial charge in [-0.3, -0.25) is 0 Å². The van der Waals surface area contributed by atoms with Crippen molar-refractivity contribution in [3.05, 3.63) is 30.1 Å². The van der Waals surface area contributed by atoms with Crippen LogP contribution >= 0.6 is 0 Å². The predicted molar refractivity (Wildman–Crippen MR) is 173 cm³/mol. The lowest BCUT2D eigenvalue weighted by atomic mass is 9.91. The van der Waals surface area contributed by atoms with Crippen molar-refractivity contribution in [1.29, 1.82) is 0 Å². The van der Waals surface area contributed by atoms with Crippen LogP contribution in [-0.4, -0.2) is 87.1 Å². The summed E-state index contributed by atoms with van der Waals surface area (Å²) in [5.74, 6) is 0.908. The molecule has 2 aromatic rings. The molecule has 9 nitrogen and oxygen atoms in total. The zero-order chi connectivity index (χ0) is 30.4. The smallest absolute Gasteiger partial charge is 0.410 e. The summed E-state index contributed by atoms with van der Waals surface area (Å²) in [6.07, 6.45) is 5.16. The predicted octanol–water partition coefficient (Wildman–Crippen LogP) is 6.92. The Morgan fingerprint density at radius 1 is 1.10 bits per heavy atom. The minimum absolute atomic E-state index is 0.0467. The van der Waals surface area contributed by atoms with Crippen molar-refractivity contribution in [2.45, 2.75) is 96.5 Å². The van der Waals surface area contributed by atoms with Crippen molar-refractivity contribution in [3.8, 4) is 0 Å². The molecule has 230 valence electrons. The molecule has 1 amide bonds. The maximum atomic E-state index is 12.9. The van der Waals surface area contributed by atoms with Crippen LogP contribution in [0.15, 0.2) is 18.8 Å². The van der Waals surface area contributed by atoms with E-state index in [0.717, 1.165) is 47.7 Å². The molecule has 1 aliphatic heterocycles. The average Bonchev–Trinajstić information content (AvgIpc) is 3.33. The first-order chi connectivity index (χ1) is 19.1. The molecule has 0 aromatic carbocycles. The topological polar surface area (TPSA) is 81.4 Å². The van der Waals surface area contributed by atoms with E-state index in [4.69, 9.17) is 19.2 Å². The van der Waals surface area contributed by atoms with Gasteiger partial charge in [-0.05, 0) is 45.7 Å². The van der Waals surface area contributed by atoms with E-state index in [1.54, 1.807) is 6.20 Å². The summed E-state index contributed by atoms with van der Waals surface area (Å²) < 4.78 is 20.1. The van der Waals surface area contributed by atoms with Crippen LogP contribution in [0.5, 0.6) is 0 Å². The molecule has 1 unspecified atom stereocenters. The molecular weight excluding hydrogens is 551 g/mol. The number of rotatable bonds is 13. The molecule has 1 atom stereocenters. The average molecular weight is 604 g/mol. The zero-order valence-corrected chi connectivity index (χ0v) is 29.0. The van der Waals surface area contributed by atoms with E-state index in [1.807, 2.05) is 42.3 Å². The third-order valence-corrected chi connectivity index (χ3v) is 10.4. The number of hydrogen-bond donors (Lipinski definition) is 0. The molecule has 1 saturated heterocycles. The van der Waals surface area contributed by atoms with E-state index >= 15 is 0 Å². The number of fused-ring (bicyclic) bond motifs is 1. The van der Waals surface area contributed by atoms with Crippen molar-refractivity contribution in [2.24, 2.45) is 0 Å². The molecule has 11 heteroatoms. The molecule has 2 aromatic heterocycles. The summed E-state index contributed by atoms with van der Waals surface area (Å²) in [7, 11) is -2.46. The summed E-state index contributed by atoms with van der Waals surface area (Å²) in [5, 5.41) is 4.64. The van der Waals surface area contributed by atoms with Gasteiger partial charge in [-0.2, -0.15) is 9.61 Å². The van der Waals surface area contributed by atoms with Gasteiger partial charge in [0.15, 0.2) is 5.65 Å². The Bertz CT molecular complexity index is 1140. The SMILES string of the molecule is C=Cc1c(C2CCCN(C(=O)OC(C)(C)C)C2)nc2ccnn2c1N(COCC[Si](C)(C)C)COCC[Si](C)(C)C. The maximum absolute atomic E-state index is 12.9. The van der Waals surface area contributed by atoms with Crippen LogP contribution in [0.25, 0.3) is 11.7 Å². The van der Waals surface area contributed by atoms with Crippen LogP contribution in [0.1, 0.15) is 50.8 Å². The van der Waals surface area contributed by atoms with Crippen LogP contribution in [-0.2, 0) is 14.2 Å². The Morgan fingerprint density at radius 3 is 2.24 bits per heavy atom.